The van der Waals surface area contributed by atoms with E-state index >= 15 is 0 Å². The minimum atomic E-state index is -0.336. The molecule has 4 heteroatoms. The topological polar surface area (TPSA) is 48.4 Å². The number of pyridine rings is 1. The van der Waals surface area contributed by atoms with E-state index in [1.54, 1.807) is 20.2 Å². The lowest BCUT2D eigenvalue weighted by Crippen LogP contribution is -2.05. The first kappa shape index (κ1) is 14.1. The molecule has 0 amide bonds. The molecule has 1 aromatic carbocycles. The number of carbonyl (C=O) groups is 1. The van der Waals surface area contributed by atoms with Crippen molar-refractivity contribution in [3.63, 3.8) is 0 Å². The second-order valence-electron chi connectivity index (χ2n) is 4.33. The molecule has 2 aromatic rings. The maximum Gasteiger partial charge on any atom is 0.339 e. The van der Waals surface area contributed by atoms with Gasteiger partial charge in [-0.3, -0.25) is 4.98 Å². The summed E-state index contributed by atoms with van der Waals surface area (Å²) in [6, 6.07) is 9.64. The molecule has 104 valence electrons. The number of hydrogen-bond acceptors (Lipinski definition) is 4. The molecule has 20 heavy (non-hydrogen) atoms. The average molecular weight is 271 g/mol. The average Bonchev–Trinajstić information content (AvgIpc) is 2.48. The van der Waals surface area contributed by atoms with Crippen molar-refractivity contribution in [2.75, 3.05) is 13.7 Å². The van der Waals surface area contributed by atoms with E-state index in [1.165, 1.54) is 6.20 Å². The van der Waals surface area contributed by atoms with Gasteiger partial charge in [-0.15, -0.1) is 0 Å². The Morgan fingerprint density at radius 3 is 2.55 bits per heavy atom. The van der Waals surface area contributed by atoms with Crippen LogP contribution < -0.4 is 4.74 Å². The highest BCUT2D eigenvalue weighted by Crippen LogP contribution is 2.15. The van der Waals surface area contributed by atoms with Gasteiger partial charge in [-0.2, -0.15) is 0 Å². The predicted octanol–water partition coefficient (Wildman–Crippen LogP) is 2.86. The summed E-state index contributed by atoms with van der Waals surface area (Å²) in [5, 5.41) is 0. The van der Waals surface area contributed by atoms with Crippen molar-refractivity contribution in [3.8, 4) is 5.75 Å². The molecule has 0 saturated heterocycles. The van der Waals surface area contributed by atoms with Gasteiger partial charge in [0.1, 0.15) is 5.75 Å². The smallest absolute Gasteiger partial charge is 0.339 e. The van der Waals surface area contributed by atoms with Crippen molar-refractivity contribution in [1.29, 1.82) is 0 Å². The van der Waals surface area contributed by atoms with Gasteiger partial charge < -0.3 is 9.47 Å². The number of aromatic nitrogens is 1. The number of esters is 1. The summed E-state index contributed by atoms with van der Waals surface area (Å²) in [5.74, 6) is 0.490. The fraction of sp³-hybridized carbons (Fsp3) is 0.250. The Labute approximate surface area is 118 Å². The highest BCUT2D eigenvalue weighted by Gasteiger charge is 2.08. The van der Waals surface area contributed by atoms with Gasteiger partial charge in [0.25, 0.3) is 0 Å². The molecule has 0 atom stereocenters. The normalized spacial score (nSPS) is 10.1. The zero-order valence-electron chi connectivity index (χ0n) is 11.6. The zero-order chi connectivity index (χ0) is 14.4. The number of rotatable bonds is 5. The Morgan fingerprint density at radius 1 is 1.15 bits per heavy atom. The molecule has 0 saturated carbocycles. The van der Waals surface area contributed by atoms with E-state index in [4.69, 9.17) is 9.47 Å². The first-order valence-electron chi connectivity index (χ1n) is 6.47. The molecule has 2 rings (SSSR count). The van der Waals surface area contributed by atoms with E-state index in [-0.39, 0.29) is 5.97 Å². The Balaban J connectivity index is 2.12. The van der Waals surface area contributed by atoms with Crippen LogP contribution in [0, 0.1) is 0 Å². The fourth-order valence-electron chi connectivity index (χ4n) is 1.89. The van der Waals surface area contributed by atoms with Gasteiger partial charge in [0.15, 0.2) is 0 Å². The van der Waals surface area contributed by atoms with Gasteiger partial charge in [-0.25, -0.2) is 4.79 Å². The summed E-state index contributed by atoms with van der Waals surface area (Å²) in [6.07, 6.45) is 3.99. The third-order valence-electron chi connectivity index (χ3n) is 2.87. The van der Waals surface area contributed by atoms with Gasteiger partial charge in [0.05, 0.1) is 19.3 Å². The quantitative estimate of drug-likeness (QED) is 0.785. The van der Waals surface area contributed by atoms with Gasteiger partial charge in [0.2, 0.25) is 0 Å². The van der Waals surface area contributed by atoms with Gasteiger partial charge >= 0.3 is 5.97 Å². The lowest BCUT2D eigenvalue weighted by atomic mass is 10.1. The van der Waals surface area contributed by atoms with Crippen LogP contribution in [0.25, 0.3) is 0 Å². The van der Waals surface area contributed by atoms with Crippen LogP contribution in [0.1, 0.15) is 28.4 Å². The van der Waals surface area contributed by atoms with E-state index < -0.39 is 0 Å². The molecular formula is C16H17NO3. The number of nitrogens with zero attached hydrogens (tertiary/aromatic N) is 1. The summed E-state index contributed by atoms with van der Waals surface area (Å²) >= 11 is 0. The second-order valence-corrected chi connectivity index (χ2v) is 4.33. The van der Waals surface area contributed by atoms with Crippen molar-refractivity contribution in [3.05, 3.63) is 59.4 Å². The van der Waals surface area contributed by atoms with Crippen molar-refractivity contribution in [1.82, 2.24) is 4.98 Å². The van der Waals surface area contributed by atoms with Gasteiger partial charge in [-0.1, -0.05) is 12.1 Å². The lowest BCUT2D eigenvalue weighted by molar-refractivity contribution is 0.0525. The molecule has 0 radical (unpaired) electrons. The van der Waals surface area contributed by atoms with Crippen LogP contribution in [-0.4, -0.2) is 24.7 Å². The van der Waals surface area contributed by atoms with Crippen molar-refractivity contribution in [2.24, 2.45) is 0 Å². The van der Waals surface area contributed by atoms with Crippen LogP contribution >= 0.6 is 0 Å². The van der Waals surface area contributed by atoms with Crippen LogP contribution in [0.5, 0.6) is 5.75 Å². The molecule has 1 heterocycles. The van der Waals surface area contributed by atoms with Crippen LogP contribution in [0.4, 0.5) is 0 Å². The minimum absolute atomic E-state index is 0.336. The number of carbonyl (C=O) groups excluding carboxylic acids is 1. The summed E-state index contributed by atoms with van der Waals surface area (Å²) in [5.41, 5.74) is 2.59. The van der Waals surface area contributed by atoms with Gasteiger partial charge in [0, 0.05) is 12.4 Å². The number of ether oxygens (including phenoxy) is 2. The van der Waals surface area contributed by atoms with E-state index in [2.05, 4.69) is 4.98 Å². The Bertz CT molecular complexity index is 579. The van der Waals surface area contributed by atoms with Crippen LogP contribution in [0.3, 0.4) is 0 Å². The Morgan fingerprint density at radius 2 is 1.90 bits per heavy atom. The first-order valence-corrected chi connectivity index (χ1v) is 6.47. The molecule has 0 aliphatic heterocycles. The summed E-state index contributed by atoms with van der Waals surface area (Å²) < 4.78 is 10.1. The maximum atomic E-state index is 11.7. The fourth-order valence-corrected chi connectivity index (χ4v) is 1.89. The zero-order valence-corrected chi connectivity index (χ0v) is 11.6. The number of hydrogen-bond donors (Lipinski definition) is 0. The number of methoxy groups -OCH3 is 1. The summed E-state index contributed by atoms with van der Waals surface area (Å²) in [7, 11) is 1.64. The van der Waals surface area contributed by atoms with Crippen LogP contribution in [-0.2, 0) is 11.2 Å². The maximum absolute atomic E-state index is 11.7. The SMILES string of the molecule is CCOC(=O)c1cncc(Cc2ccc(OC)cc2)c1. The van der Waals surface area contributed by atoms with E-state index in [9.17, 15) is 4.79 Å². The van der Waals surface area contributed by atoms with Gasteiger partial charge in [-0.05, 0) is 42.7 Å². The molecule has 0 N–H and O–H groups in total. The molecular weight excluding hydrogens is 254 g/mol. The molecule has 4 nitrogen and oxygen atoms in total. The Hall–Kier alpha value is -2.36. The molecule has 0 aliphatic rings. The first-order chi connectivity index (χ1) is 9.72. The van der Waals surface area contributed by atoms with Crippen LogP contribution in [0.2, 0.25) is 0 Å². The third-order valence-corrected chi connectivity index (χ3v) is 2.87. The third kappa shape index (κ3) is 3.57. The van der Waals surface area contributed by atoms with Crippen LogP contribution in [0.15, 0.2) is 42.7 Å². The lowest BCUT2D eigenvalue weighted by Gasteiger charge is -2.06. The molecule has 0 fully saturated rings. The monoisotopic (exact) mass is 271 g/mol. The molecule has 1 aromatic heterocycles. The molecule has 0 spiro atoms. The van der Waals surface area contributed by atoms with Crippen molar-refractivity contribution < 1.29 is 14.3 Å². The Kier molecular flexibility index (Phi) is 4.71. The van der Waals surface area contributed by atoms with Crippen molar-refractivity contribution in [2.45, 2.75) is 13.3 Å². The van der Waals surface area contributed by atoms with E-state index in [1.807, 2.05) is 30.3 Å². The number of benzene rings is 1. The largest absolute Gasteiger partial charge is 0.497 e. The van der Waals surface area contributed by atoms with E-state index in [0.717, 1.165) is 16.9 Å². The molecule has 0 bridgehead atoms. The standard InChI is InChI=1S/C16H17NO3/c1-3-20-16(18)14-9-13(10-17-11-14)8-12-4-6-15(19-2)7-5-12/h4-7,9-11H,3,8H2,1-2H3. The highest BCUT2D eigenvalue weighted by molar-refractivity contribution is 5.89. The minimum Gasteiger partial charge on any atom is -0.497 e. The summed E-state index contributed by atoms with van der Waals surface area (Å²) in [4.78, 5) is 15.7. The van der Waals surface area contributed by atoms with E-state index in [0.29, 0.717) is 18.6 Å². The molecule has 0 aliphatic carbocycles. The van der Waals surface area contributed by atoms with Crippen molar-refractivity contribution >= 4 is 5.97 Å². The predicted molar refractivity (Wildman–Crippen MR) is 76.0 cm³/mol. The highest BCUT2D eigenvalue weighted by atomic mass is 16.5. The summed E-state index contributed by atoms with van der Waals surface area (Å²) in [6.45, 7) is 2.15. The molecule has 0 unspecified atom stereocenters. The second kappa shape index (κ2) is 6.70.